The van der Waals surface area contributed by atoms with Crippen LogP contribution in [0.15, 0.2) is 24.3 Å². The van der Waals surface area contributed by atoms with Gasteiger partial charge in [-0.1, -0.05) is 25.2 Å². The first-order valence-electron chi connectivity index (χ1n) is 4.57. The van der Waals surface area contributed by atoms with E-state index < -0.39 is 0 Å². The van der Waals surface area contributed by atoms with Gasteiger partial charge in [-0.2, -0.15) is 0 Å². The quantitative estimate of drug-likeness (QED) is 0.573. The summed E-state index contributed by atoms with van der Waals surface area (Å²) in [6, 6.07) is 0. The summed E-state index contributed by atoms with van der Waals surface area (Å²) < 4.78 is 0. The Bertz CT molecular complexity index is 213. The molecule has 0 bridgehead atoms. The highest BCUT2D eigenvalue weighted by Crippen LogP contribution is 2.25. The number of rotatable bonds is 2. The fourth-order valence-electron chi connectivity index (χ4n) is 1.60. The number of allylic oxidation sites excluding steroid dienone is 4. The van der Waals surface area contributed by atoms with Crippen LogP contribution in [0.25, 0.3) is 0 Å². The fraction of sp³-hybridized carbons (Fsp3) is 0.545. The first-order valence-corrected chi connectivity index (χ1v) is 4.57. The van der Waals surface area contributed by atoms with Crippen LogP contribution in [0.5, 0.6) is 0 Å². The van der Waals surface area contributed by atoms with Crippen LogP contribution in [0.2, 0.25) is 0 Å². The smallest absolute Gasteiger partial charge is 0.159 e. The normalized spacial score (nSPS) is 30.0. The van der Waals surface area contributed by atoms with Gasteiger partial charge in [-0.25, -0.2) is 0 Å². The maximum atomic E-state index is 11.4. The second-order valence-electron chi connectivity index (χ2n) is 3.43. The van der Waals surface area contributed by atoms with Gasteiger partial charge in [0.05, 0.1) is 0 Å². The van der Waals surface area contributed by atoms with Gasteiger partial charge in [-0.3, -0.25) is 4.79 Å². The zero-order chi connectivity index (χ0) is 8.97. The molecule has 0 spiro atoms. The summed E-state index contributed by atoms with van der Waals surface area (Å²) in [5.74, 6) is 1.04. The van der Waals surface area contributed by atoms with Gasteiger partial charge >= 0.3 is 0 Å². The van der Waals surface area contributed by atoms with Crippen molar-refractivity contribution >= 4 is 5.78 Å². The molecule has 0 radical (unpaired) electrons. The van der Waals surface area contributed by atoms with Crippen LogP contribution in [-0.4, -0.2) is 5.78 Å². The lowest BCUT2D eigenvalue weighted by atomic mass is 9.81. The number of ketones is 1. The SMILES string of the molecule is C/C=C/CC1C(=O)C=CC[C@H]1C. The van der Waals surface area contributed by atoms with Crippen LogP contribution < -0.4 is 0 Å². The maximum Gasteiger partial charge on any atom is 0.159 e. The summed E-state index contributed by atoms with van der Waals surface area (Å²) in [6.45, 7) is 4.14. The Morgan fingerprint density at radius 3 is 3.00 bits per heavy atom. The number of carbonyl (C=O) groups excluding carboxylic acids is 1. The van der Waals surface area contributed by atoms with Gasteiger partial charge < -0.3 is 0 Å². The van der Waals surface area contributed by atoms with Crippen molar-refractivity contribution in [3.05, 3.63) is 24.3 Å². The highest BCUT2D eigenvalue weighted by molar-refractivity contribution is 5.92. The second kappa shape index (κ2) is 4.24. The summed E-state index contributed by atoms with van der Waals surface area (Å²) in [5, 5.41) is 0. The fourth-order valence-corrected chi connectivity index (χ4v) is 1.60. The summed E-state index contributed by atoms with van der Waals surface area (Å²) >= 11 is 0. The molecule has 0 aromatic heterocycles. The summed E-state index contributed by atoms with van der Waals surface area (Å²) in [7, 11) is 0. The molecule has 0 heterocycles. The number of hydrogen-bond donors (Lipinski definition) is 0. The third-order valence-electron chi connectivity index (χ3n) is 2.47. The van der Waals surface area contributed by atoms with Gasteiger partial charge in [0.2, 0.25) is 0 Å². The van der Waals surface area contributed by atoms with Crippen LogP contribution in [0.3, 0.4) is 0 Å². The van der Waals surface area contributed by atoms with Crippen molar-refractivity contribution < 1.29 is 4.79 Å². The van der Waals surface area contributed by atoms with Gasteiger partial charge in [0.25, 0.3) is 0 Å². The zero-order valence-corrected chi connectivity index (χ0v) is 7.79. The topological polar surface area (TPSA) is 17.1 Å². The Labute approximate surface area is 74.2 Å². The molecule has 1 aliphatic carbocycles. The third-order valence-corrected chi connectivity index (χ3v) is 2.47. The van der Waals surface area contributed by atoms with E-state index >= 15 is 0 Å². The maximum absolute atomic E-state index is 11.4. The molecule has 1 aliphatic rings. The van der Waals surface area contributed by atoms with Crippen molar-refractivity contribution in [3.8, 4) is 0 Å². The van der Waals surface area contributed by atoms with E-state index in [0.717, 1.165) is 12.8 Å². The van der Waals surface area contributed by atoms with E-state index in [2.05, 4.69) is 13.0 Å². The van der Waals surface area contributed by atoms with Crippen molar-refractivity contribution in [1.82, 2.24) is 0 Å². The van der Waals surface area contributed by atoms with Crippen LogP contribution in [-0.2, 0) is 4.79 Å². The van der Waals surface area contributed by atoms with Crippen LogP contribution >= 0.6 is 0 Å². The minimum absolute atomic E-state index is 0.228. The molecule has 0 amide bonds. The molecular formula is C11H16O. The molecule has 1 rings (SSSR count). The van der Waals surface area contributed by atoms with Crippen LogP contribution in [0, 0.1) is 11.8 Å². The number of carbonyl (C=O) groups is 1. The van der Waals surface area contributed by atoms with Crippen LogP contribution in [0.4, 0.5) is 0 Å². The average Bonchev–Trinajstić information content (AvgIpc) is 2.04. The molecule has 1 heteroatoms. The molecule has 1 unspecified atom stereocenters. The van der Waals surface area contributed by atoms with E-state index in [1.807, 2.05) is 19.1 Å². The molecule has 12 heavy (non-hydrogen) atoms. The van der Waals surface area contributed by atoms with Crippen molar-refractivity contribution in [2.24, 2.45) is 11.8 Å². The molecule has 0 fully saturated rings. The predicted molar refractivity (Wildman–Crippen MR) is 50.8 cm³/mol. The van der Waals surface area contributed by atoms with Gasteiger partial charge in [-0.15, -0.1) is 0 Å². The zero-order valence-electron chi connectivity index (χ0n) is 7.79. The second-order valence-corrected chi connectivity index (χ2v) is 3.43. The number of hydrogen-bond acceptors (Lipinski definition) is 1. The van der Waals surface area contributed by atoms with Gasteiger partial charge in [-0.05, 0) is 31.8 Å². The molecule has 1 nitrogen and oxygen atoms in total. The van der Waals surface area contributed by atoms with Gasteiger partial charge in [0.1, 0.15) is 0 Å². The van der Waals surface area contributed by atoms with E-state index in [1.54, 1.807) is 6.08 Å². The average molecular weight is 164 g/mol. The lowest BCUT2D eigenvalue weighted by Crippen LogP contribution is -2.22. The molecule has 0 aromatic carbocycles. The van der Waals surface area contributed by atoms with Crippen molar-refractivity contribution in [3.63, 3.8) is 0 Å². The first-order chi connectivity index (χ1) is 5.75. The standard InChI is InChI=1S/C11H16O/c1-3-4-7-10-9(2)6-5-8-11(10)12/h3-5,8-10H,6-7H2,1-2H3/b4-3+/t9-,10?/m1/s1. The molecule has 0 aliphatic heterocycles. The minimum atomic E-state index is 0.228. The molecule has 0 aromatic rings. The van der Waals surface area contributed by atoms with Crippen molar-refractivity contribution in [1.29, 1.82) is 0 Å². The highest BCUT2D eigenvalue weighted by Gasteiger charge is 2.23. The van der Waals surface area contributed by atoms with E-state index in [9.17, 15) is 4.79 Å². The molecule has 0 saturated carbocycles. The van der Waals surface area contributed by atoms with Crippen molar-refractivity contribution in [2.75, 3.05) is 0 Å². The van der Waals surface area contributed by atoms with E-state index in [-0.39, 0.29) is 5.92 Å². The Morgan fingerprint density at radius 1 is 1.67 bits per heavy atom. The Kier molecular flexibility index (Phi) is 3.27. The summed E-state index contributed by atoms with van der Waals surface area (Å²) in [6.07, 6.45) is 9.76. The molecule has 2 atom stereocenters. The van der Waals surface area contributed by atoms with E-state index in [1.165, 1.54) is 0 Å². The summed E-state index contributed by atoms with van der Waals surface area (Å²) in [5.41, 5.74) is 0. The molecular weight excluding hydrogens is 148 g/mol. The Balaban J connectivity index is 2.60. The Hall–Kier alpha value is -0.850. The Morgan fingerprint density at radius 2 is 2.42 bits per heavy atom. The van der Waals surface area contributed by atoms with Gasteiger partial charge in [0, 0.05) is 5.92 Å². The molecule has 0 saturated heterocycles. The monoisotopic (exact) mass is 164 g/mol. The molecule has 0 N–H and O–H groups in total. The minimum Gasteiger partial charge on any atom is -0.295 e. The predicted octanol–water partition coefficient (Wildman–Crippen LogP) is 2.73. The lowest BCUT2D eigenvalue weighted by molar-refractivity contribution is -0.119. The van der Waals surface area contributed by atoms with E-state index in [0.29, 0.717) is 11.7 Å². The largest absolute Gasteiger partial charge is 0.295 e. The summed E-state index contributed by atoms with van der Waals surface area (Å²) in [4.78, 5) is 11.4. The van der Waals surface area contributed by atoms with E-state index in [4.69, 9.17) is 0 Å². The van der Waals surface area contributed by atoms with Crippen molar-refractivity contribution in [2.45, 2.75) is 26.7 Å². The van der Waals surface area contributed by atoms with Crippen LogP contribution in [0.1, 0.15) is 26.7 Å². The third kappa shape index (κ3) is 2.07. The van der Waals surface area contributed by atoms with Gasteiger partial charge in [0.15, 0.2) is 5.78 Å². The lowest BCUT2D eigenvalue weighted by Gasteiger charge is -2.22. The first kappa shape index (κ1) is 9.24. The molecule has 66 valence electrons. The highest BCUT2D eigenvalue weighted by atomic mass is 16.1.